The normalized spacial score (nSPS) is 12.0. The summed E-state index contributed by atoms with van der Waals surface area (Å²) in [6, 6.07) is 15.7. The fourth-order valence-corrected chi connectivity index (χ4v) is 3.21. The standard InChI is InChI=1S/C18H20ClNOS/c1-3-17(22-16-10-8-15(19)9-11-16)18(21)20-12-14-7-5-4-6-13(14)2/h4-11,17H,3,12H2,1-2H3,(H,20,21)/t17-/m0/s1. The largest absolute Gasteiger partial charge is 0.351 e. The lowest BCUT2D eigenvalue weighted by Crippen LogP contribution is -2.32. The van der Waals surface area contributed by atoms with Crippen LogP contribution in [0.15, 0.2) is 53.4 Å². The van der Waals surface area contributed by atoms with Gasteiger partial charge in [-0.2, -0.15) is 0 Å². The van der Waals surface area contributed by atoms with Crippen molar-refractivity contribution < 1.29 is 4.79 Å². The molecule has 2 nitrogen and oxygen atoms in total. The van der Waals surface area contributed by atoms with E-state index < -0.39 is 0 Å². The summed E-state index contributed by atoms with van der Waals surface area (Å²) < 4.78 is 0. The van der Waals surface area contributed by atoms with E-state index in [-0.39, 0.29) is 11.2 Å². The Balaban J connectivity index is 1.94. The maximum atomic E-state index is 12.4. The highest BCUT2D eigenvalue weighted by molar-refractivity contribution is 8.00. The maximum absolute atomic E-state index is 12.4. The van der Waals surface area contributed by atoms with E-state index in [0.717, 1.165) is 16.9 Å². The van der Waals surface area contributed by atoms with Gasteiger partial charge in [-0.05, 0) is 48.7 Å². The van der Waals surface area contributed by atoms with Crippen molar-refractivity contribution in [1.29, 1.82) is 0 Å². The number of halogens is 1. The SMILES string of the molecule is CC[C@H](Sc1ccc(Cl)cc1)C(=O)NCc1ccccc1C. The minimum atomic E-state index is -0.0924. The number of hydrogen-bond acceptors (Lipinski definition) is 2. The van der Waals surface area contributed by atoms with Gasteiger partial charge in [0.2, 0.25) is 5.91 Å². The van der Waals surface area contributed by atoms with Gasteiger partial charge in [-0.25, -0.2) is 0 Å². The minimum absolute atomic E-state index is 0.0747. The molecule has 0 fully saturated rings. The highest BCUT2D eigenvalue weighted by Gasteiger charge is 2.17. The fraction of sp³-hybridized carbons (Fsp3) is 0.278. The van der Waals surface area contributed by atoms with Gasteiger partial charge in [0.25, 0.3) is 0 Å². The third kappa shape index (κ3) is 4.79. The molecule has 22 heavy (non-hydrogen) atoms. The summed E-state index contributed by atoms with van der Waals surface area (Å²) in [5.41, 5.74) is 2.35. The molecule has 2 aromatic rings. The summed E-state index contributed by atoms with van der Waals surface area (Å²) in [6.45, 7) is 4.66. The number of hydrogen-bond donors (Lipinski definition) is 1. The number of carbonyl (C=O) groups is 1. The smallest absolute Gasteiger partial charge is 0.233 e. The van der Waals surface area contributed by atoms with Crippen molar-refractivity contribution in [3.63, 3.8) is 0 Å². The number of amides is 1. The molecule has 0 heterocycles. The zero-order valence-electron chi connectivity index (χ0n) is 12.8. The molecule has 116 valence electrons. The van der Waals surface area contributed by atoms with Gasteiger partial charge in [-0.15, -0.1) is 11.8 Å². The average molecular weight is 334 g/mol. The van der Waals surface area contributed by atoms with Gasteiger partial charge < -0.3 is 5.32 Å². The number of nitrogens with one attached hydrogen (secondary N) is 1. The van der Waals surface area contributed by atoms with Gasteiger partial charge in [0.1, 0.15) is 0 Å². The Morgan fingerprint density at radius 1 is 1.18 bits per heavy atom. The molecule has 4 heteroatoms. The lowest BCUT2D eigenvalue weighted by atomic mass is 10.1. The minimum Gasteiger partial charge on any atom is -0.351 e. The van der Waals surface area contributed by atoms with Crippen molar-refractivity contribution >= 4 is 29.3 Å². The Kier molecular flexibility index (Phi) is 6.34. The lowest BCUT2D eigenvalue weighted by molar-refractivity contribution is -0.120. The molecule has 0 aliphatic heterocycles. The Morgan fingerprint density at radius 2 is 1.86 bits per heavy atom. The van der Waals surface area contributed by atoms with E-state index in [9.17, 15) is 4.79 Å². The van der Waals surface area contributed by atoms with Gasteiger partial charge in [0.15, 0.2) is 0 Å². The van der Waals surface area contributed by atoms with Crippen molar-refractivity contribution in [2.24, 2.45) is 0 Å². The second-order valence-corrected chi connectivity index (χ2v) is 6.83. The third-order valence-electron chi connectivity index (χ3n) is 3.47. The molecule has 0 aromatic heterocycles. The van der Waals surface area contributed by atoms with Crippen LogP contribution in [0.4, 0.5) is 0 Å². The number of aryl methyl sites for hydroxylation is 1. The van der Waals surface area contributed by atoms with Crippen molar-refractivity contribution in [3.05, 3.63) is 64.7 Å². The first-order valence-electron chi connectivity index (χ1n) is 7.34. The van der Waals surface area contributed by atoms with Crippen LogP contribution in [0.3, 0.4) is 0 Å². The molecule has 0 aliphatic rings. The topological polar surface area (TPSA) is 29.1 Å². The van der Waals surface area contributed by atoms with Crippen LogP contribution in [-0.2, 0) is 11.3 Å². The van der Waals surface area contributed by atoms with E-state index in [1.165, 1.54) is 5.56 Å². The summed E-state index contributed by atoms with van der Waals surface area (Å²) in [7, 11) is 0. The monoisotopic (exact) mass is 333 g/mol. The van der Waals surface area contributed by atoms with Crippen molar-refractivity contribution in [2.45, 2.75) is 37.0 Å². The number of thioether (sulfide) groups is 1. The Morgan fingerprint density at radius 3 is 2.50 bits per heavy atom. The van der Waals surface area contributed by atoms with Crippen LogP contribution in [0.25, 0.3) is 0 Å². The molecule has 2 rings (SSSR count). The summed E-state index contributed by atoms with van der Waals surface area (Å²) >= 11 is 7.46. The highest BCUT2D eigenvalue weighted by Crippen LogP contribution is 2.26. The van der Waals surface area contributed by atoms with Crippen LogP contribution >= 0.6 is 23.4 Å². The van der Waals surface area contributed by atoms with Crippen LogP contribution in [0.1, 0.15) is 24.5 Å². The van der Waals surface area contributed by atoms with Crippen LogP contribution in [0, 0.1) is 6.92 Å². The van der Waals surface area contributed by atoms with Crippen molar-refractivity contribution in [3.8, 4) is 0 Å². The molecule has 0 bridgehead atoms. The lowest BCUT2D eigenvalue weighted by Gasteiger charge is -2.15. The molecule has 1 N–H and O–H groups in total. The van der Waals surface area contributed by atoms with E-state index in [4.69, 9.17) is 11.6 Å². The molecule has 1 amide bonds. The molecular formula is C18H20ClNOS. The van der Waals surface area contributed by atoms with Gasteiger partial charge in [-0.1, -0.05) is 42.8 Å². The number of rotatable bonds is 6. The van der Waals surface area contributed by atoms with E-state index >= 15 is 0 Å². The van der Waals surface area contributed by atoms with Crippen molar-refractivity contribution in [1.82, 2.24) is 5.32 Å². The molecule has 0 saturated heterocycles. The summed E-state index contributed by atoms with van der Waals surface area (Å²) in [6.07, 6.45) is 0.785. The van der Waals surface area contributed by atoms with Crippen LogP contribution < -0.4 is 5.32 Å². The molecule has 2 aromatic carbocycles. The molecule has 0 unspecified atom stereocenters. The zero-order valence-corrected chi connectivity index (χ0v) is 14.4. The second kappa shape index (κ2) is 8.25. The Bertz CT molecular complexity index is 627. The molecule has 0 saturated carbocycles. The second-order valence-electron chi connectivity index (χ2n) is 5.11. The zero-order chi connectivity index (χ0) is 15.9. The van der Waals surface area contributed by atoms with E-state index in [0.29, 0.717) is 11.6 Å². The van der Waals surface area contributed by atoms with Crippen LogP contribution in [-0.4, -0.2) is 11.2 Å². The van der Waals surface area contributed by atoms with E-state index in [1.807, 2.05) is 49.4 Å². The first-order chi connectivity index (χ1) is 10.6. The van der Waals surface area contributed by atoms with E-state index in [2.05, 4.69) is 18.3 Å². The summed E-state index contributed by atoms with van der Waals surface area (Å²) in [5, 5.41) is 3.65. The number of carbonyl (C=O) groups excluding carboxylic acids is 1. The quantitative estimate of drug-likeness (QED) is 0.767. The predicted octanol–water partition coefficient (Wildman–Crippen LogP) is 4.84. The highest BCUT2D eigenvalue weighted by atomic mass is 35.5. The fourth-order valence-electron chi connectivity index (χ4n) is 2.10. The van der Waals surface area contributed by atoms with E-state index in [1.54, 1.807) is 11.8 Å². The Labute approximate surface area is 141 Å². The summed E-state index contributed by atoms with van der Waals surface area (Å²) in [5.74, 6) is 0.0747. The summed E-state index contributed by atoms with van der Waals surface area (Å²) in [4.78, 5) is 13.4. The Hall–Kier alpha value is -1.45. The molecule has 0 spiro atoms. The first-order valence-corrected chi connectivity index (χ1v) is 8.60. The first kappa shape index (κ1) is 16.9. The van der Waals surface area contributed by atoms with Gasteiger partial charge in [0.05, 0.1) is 5.25 Å². The average Bonchev–Trinajstić information content (AvgIpc) is 2.53. The van der Waals surface area contributed by atoms with Crippen LogP contribution in [0.5, 0.6) is 0 Å². The van der Waals surface area contributed by atoms with Crippen LogP contribution in [0.2, 0.25) is 5.02 Å². The van der Waals surface area contributed by atoms with Gasteiger partial charge in [0, 0.05) is 16.5 Å². The maximum Gasteiger partial charge on any atom is 0.233 e. The molecule has 1 atom stereocenters. The third-order valence-corrected chi connectivity index (χ3v) is 5.10. The molecule has 0 radical (unpaired) electrons. The molecule has 0 aliphatic carbocycles. The molecular weight excluding hydrogens is 314 g/mol. The van der Waals surface area contributed by atoms with Crippen molar-refractivity contribution in [2.75, 3.05) is 0 Å². The predicted molar refractivity (Wildman–Crippen MR) is 94.4 cm³/mol. The van der Waals surface area contributed by atoms with Gasteiger partial charge >= 0.3 is 0 Å². The van der Waals surface area contributed by atoms with Gasteiger partial charge in [-0.3, -0.25) is 4.79 Å². The number of benzene rings is 2.